The molecule has 0 unspecified atom stereocenters. The normalized spacial score (nSPS) is 15.3. The smallest absolute Gasteiger partial charge is 0.275 e. The van der Waals surface area contributed by atoms with Crippen molar-refractivity contribution in [3.05, 3.63) is 65.4 Å². The highest BCUT2D eigenvalue weighted by Crippen LogP contribution is 2.27. The lowest BCUT2D eigenvalue weighted by Crippen LogP contribution is -2.24. The Bertz CT molecular complexity index is 795. The first-order valence-electron chi connectivity index (χ1n) is 7.10. The minimum atomic E-state index is -0.235. The Morgan fingerprint density at radius 1 is 1.04 bits per heavy atom. The summed E-state index contributed by atoms with van der Waals surface area (Å²) >= 11 is 0. The van der Waals surface area contributed by atoms with Gasteiger partial charge < -0.3 is 14.8 Å². The van der Waals surface area contributed by atoms with Gasteiger partial charge in [-0.05, 0) is 18.2 Å². The van der Waals surface area contributed by atoms with Crippen LogP contribution in [0.3, 0.4) is 0 Å². The van der Waals surface area contributed by atoms with Crippen molar-refractivity contribution in [2.45, 2.75) is 0 Å². The van der Waals surface area contributed by atoms with E-state index in [9.17, 15) is 4.79 Å². The molecule has 116 valence electrons. The Morgan fingerprint density at radius 3 is 2.52 bits per heavy atom. The molecule has 0 aliphatic carbocycles. The number of nitrogens with zero attached hydrogens (tertiary/aromatic N) is 1. The summed E-state index contributed by atoms with van der Waals surface area (Å²) in [4.78, 5) is 16.5. The molecule has 0 fully saturated rings. The number of ether oxygens (including phenoxy) is 2. The van der Waals surface area contributed by atoms with Crippen molar-refractivity contribution in [2.75, 3.05) is 14.2 Å². The summed E-state index contributed by atoms with van der Waals surface area (Å²) in [5.74, 6) is 1.62. The van der Waals surface area contributed by atoms with Crippen LogP contribution in [0.5, 0.6) is 11.5 Å². The van der Waals surface area contributed by atoms with Gasteiger partial charge in [0.25, 0.3) is 5.91 Å². The summed E-state index contributed by atoms with van der Waals surface area (Å²) < 4.78 is 10.5. The van der Waals surface area contributed by atoms with E-state index in [1.807, 2.05) is 42.5 Å². The van der Waals surface area contributed by atoms with E-state index in [1.54, 1.807) is 26.4 Å². The van der Waals surface area contributed by atoms with E-state index in [1.165, 1.54) is 0 Å². The highest BCUT2D eigenvalue weighted by molar-refractivity contribution is 6.19. The van der Waals surface area contributed by atoms with Crippen LogP contribution in [0.4, 0.5) is 0 Å². The van der Waals surface area contributed by atoms with Gasteiger partial charge in [-0.15, -0.1) is 0 Å². The van der Waals surface area contributed by atoms with Crippen LogP contribution < -0.4 is 14.8 Å². The monoisotopic (exact) mass is 308 g/mol. The molecule has 0 saturated heterocycles. The minimum absolute atomic E-state index is 0.235. The third-order valence-electron chi connectivity index (χ3n) is 3.48. The van der Waals surface area contributed by atoms with Crippen LogP contribution >= 0.6 is 0 Å². The third-order valence-corrected chi connectivity index (χ3v) is 3.48. The molecule has 0 atom stereocenters. The second-order valence-electron chi connectivity index (χ2n) is 4.92. The predicted octanol–water partition coefficient (Wildman–Crippen LogP) is 2.62. The fourth-order valence-corrected chi connectivity index (χ4v) is 2.29. The first kappa shape index (κ1) is 14.8. The molecule has 1 amide bonds. The molecule has 0 aromatic heterocycles. The number of carbonyl (C=O) groups is 1. The molecule has 1 aliphatic heterocycles. The molecule has 0 spiro atoms. The molecule has 5 nitrogen and oxygen atoms in total. The SMILES string of the molecule is COc1ccc(C=C2N=C(c3ccccc3)NC2=O)c(OC)c1. The van der Waals surface area contributed by atoms with E-state index < -0.39 is 0 Å². The first-order chi connectivity index (χ1) is 11.2. The van der Waals surface area contributed by atoms with Crippen LogP contribution in [-0.4, -0.2) is 26.0 Å². The van der Waals surface area contributed by atoms with Crippen LogP contribution in [0.1, 0.15) is 11.1 Å². The van der Waals surface area contributed by atoms with Crippen molar-refractivity contribution >= 4 is 17.8 Å². The van der Waals surface area contributed by atoms with Gasteiger partial charge in [0.15, 0.2) is 0 Å². The van der Waals surface area contributed by atoms with Crippen molar-refractivity contribution in [3.8, 4) is 11.5 Å². The van der Waals surface area contributed by atoms with E-state index in [2.05, 4.69) is 10.3 Å². The second kappa shape index (κ2) is 6.36. The fraction of sp³-hybridized carbons (Fsp3) is 0.111. The Hall–Kier alpha value is -3.08. The Labute approximate surface area is 134 Å². The molecule has 1 N–H and O–H groups in total. The summed E-state index contributed by atoms with van der Waals surface area (Å²) in [7, 11) is 3.16. The molecule has 1 aliphatic rings. The van der Waals surface area contributed by atoms with Crippen molar-refractivity contribution in [1.82, 2.24) is 5.32 Å². The van der Waals surface area contributed by atoms with Crippen molar-refractivity contribution < 1.29 is 14.3 Å². The van der Waals surface area contributed by atoms with E-state index in [4.69, 9.17) is 9.47 Å². The maximum Gasteiger partial charge on any atom is 0.275 e. The van der Waals surface area contributed by atoms with Crippen LogP contribution in [-0.2, 0) is 4.79 Å². The Balaban J connectivity index is 1.96. The van der Waals surface area contributed by atoms with Gasteiger partial charge in [0, 0.05) is 17.2 Å². The average molecular weight is 308 g/mol. The number of hydrogen-bond acceptors (Lipinski definition) is 4. The van der Waals surface area contributed by atoms with Gasteiger partial charge in [-0.25, -0.2) is 4.99 Å². The Kier molecular flexibility index (Phi) is 4.10. The molecular formula is C18H16N2O3. The van der Waals surface area contributed by atoms with Crippen LogP contribution in [0, 0.1) is 0 Å². The quantitative estimate of drug-likeness (QED) is 0.883. The van der Waals surface area contributed by atoms with Crippen molar-refractivity contribution in [2.24, 2.45) is 4.99 Å². The van der Waals surface area contributed by atoms with Gasteiger partial charge in [-0.3, -0.25) is 4.79 Å². The molecule has 3 rings (SSSR count). The van der Waals surface area contributed by atoms with Crippen LogP contribution in [0.15, 0.2) is 59.2 Å². The first-order valence-corrected chi connectivity index (χ1v) is 7.10. The molecular weight excluding hydrogens is 292 g/mol. The maximum atomic E-state index is 12.1. The highest BCUT2D eigenvalue weighted by Gasteiger charge is 2.21. The van der Waals surface area contributed by atoms with E-state index >= 15 is 0 Å². The lowest BCUT2D eigenvalue weighted by atomic mass is 10.1. The second-order valence-corrected chi connectivity index (χ2v) is 4.92. The van der Waals surface area contributed by atoms with Gasteiger partial charge in [0.2, 0.25) is 0 Å². The number of hydrogen-bond donors (Lipinski definition) is 1. The summed E-state index contributed by atoms with van der Waals surface area (Å²) in [5.41, 5.74) is 1.97. The van der Waals surface area contributed by atoms with Gasteiger partial charge in [0.05, 0.1) is 14.2 Å². The fourth-order valence-electron chi connectivity index (χ4n) is 2.29. The van der Waals surface area contributed by atoms with Crippen molar-refractivity contribution in [3.63, 3.8) is 0 Å². The summed E-state index contributed by atoms with van der Waals surface area (Å²) in [6, 6.07) is 14.9. The largest absolute Gasteiger partial charge is 0.497 e. The Morgan fingerprint density at radius 2 is 1.83 bits per heavy atom. The zero-order chi connectivity index (χ0) is 16.2. The number of aliphatic imine (C=N–C) groups is 1. The molecule has 5 heteroatoms. The molecule has 0 bridgehead atoms. The van der Waals surface area contributed by atoms with Crippen LogP contribution in [0.2, 0.25) is 0 Å². The zero-order valence-electron chi connectivity index (χ0n) is 12.9. The minimum Gasteiger partial charge on any atom is -0.497 e. The highest BCUT2D eigenvalue weighted by atomic mass is 16.5. The topological polar surface area (TPSA) is 59.9 Å². The molecule has 0 radical (unpaired) electrons. The predicted molar refractivity (Wildman–Crippen MR) is 88.6 cm³/mol. The zero-order valence-corrected chi connectivity index (χ0v) is 12.9. The van der Waals surface area contributed by atoms with E-state index in [0.29, 0.717) is 23.0 Å². The summed E-state index contributed by atoms with van der Waals surface area (Å²) in [5, 5.41) is 2.78. The van der Waals surface area contributed by atoms with E-state index in [-0.39, 0.29) is 5.91 Å². The number of nitrogens with one attached hydrogen (secondary N) is 1. The van der Waals surface area contributed by atoms with Crippen molar-refractivity contribution in [1.29, 1.82) is 0 Å². The molecule has 2 aromatic rings. The lowest BCUT2D eigenvalue weighted by molar-refractivity contribution is -0.115. The number of amides is 1. The third kappa shape index (κ3) is 3.08. The summed E-state index contributed by atoms with van der Waals surface area (Å²) in [6.45, 7) is 0. The maximum absolute atomic E-state index is 12.1. The van der Waals surface area contributed by atoms with Gasteiger partial charge in [-0.1, -0.05) is 30.3 Å². The average Bonchev–Trinajstić information content (AvgIpc) is 2.97. The number of methoxy groups -OCH3 is 2. The van der Waals surface area contributed by atoms with Gasteiger partial charge in [0.1, 0.15) is 23.0 Å². The molecule has 2 aromatic carbocycles. The lowest BCUT2D eigenvalue weighted by Gasteiger charge is -2.07. The van der Waals surface area contributed by atoms with Crippen LogP contribution in [0.25, 0.3) is 6.08 Å². The molecule has 1 heterocycles. The van der Waals surface area contributed by atoms with Gasteiger partial charge >= 0.3 is 0 Å². The molecule has 23 heavy (non-hydrogen) atoms. The van der Waals surface area contributed by atoms with Gasteiger partial charge in [-0.2, -0.15) is 0 Å². The van der Waals surface area contributed by atoms with E-state index in [0.717, 1.165) is 11.1 Å². The molecule has 0 saturated carbocycles. The number of benzene rings is 2. The number of rotatable bonds is 4. The summed E-state index contributed by atoms with van der Waals surface area (Å²) in [6.07, 6.45) is 1.70. The standard InChI is InChI=1S/C18H16N2O3/c1-22-14-9-8-13(16(11-14)23-2)10-15-18(21)20-17(19-15)12-6-4-3-5-7-12/h3-11H,1-2H3,(H,19,20,21). The number of carbonyl (C=O) groups excluding carboxylic acids is 1. The number of amidine groups is 1.